The second-order valence-electron chi connectivity index (χ2n) is 7.01. The van der Waals surface area contributed by atoms with Crippen LogP contribution < -0.4 is 4.89 Å². The van der Waals surface area contributed by atoms with Crippen molar-refractivity contribution in [2.75, 3.05) is 60.7 Å². The molecule has 0 aliphatic rings. The predicted octanol–water partition coefficient (Wildman–Crippen LogP) is 2.42. The van der Waals surface area contributed by atoms with Gasteiger partial charge in [0.25, 0.3) is 0 Å². The van der Waals surface area contributed by atoms with Gasteiger partial charge in [-0.1, -0.05) is 48.6 Å². The van der Waals surface area contributed by atoms with Gasteiger partial charge in [-0.05, 0) is 13.8 Å². The average molecular weight is 418 g/mol. The molecule has 0 radical (unpaired) electrons. The van der Waals surface area contributed by atoms with E-state index in [2.05, 4.69) is 0 Å². The Kier molecular flexibility index (Phi) is 15.5. The number of ether oxygens (including phenoxy) is 2. The molecule has 0 heterocycles. The van der Waals surface area contributed by atoms with E-state index in [0.29, 0.717) is 24.2 Å². The molecule has 162 valence electrons. The molecule has 2 atom stereocenters. The third kappa shape index (κ3) is 18.5. The standard InChI is InChI=1S/C20H36NO6P/c1-6-8-10-12-15-24-18-20(25-16-13-11-9-7-2)19-27-28(22,23)26-17-14-21(3,4)5/h6-13,20H,14-19H2,1-5H3/p+1/b8-6+,9-7+,12-10+,13-11+/t20-/m1/s1. The molecule has 1 N–H and O–H groups in total. The number of hydrogen-bond acceptors (Lipinski definition) is 6. The maximum atomic E-state index is 12.0. The molecule has 0 aromatic carbocycles. The Morgan fingerprint density at radius 1 is 0.929 bits per heavy atom. The zero-order valence-electron chi connectivity index (χ0n) is 17.8. The summed E-state index contributed by atoms with van der Waals surface area (Å²) in [6.45, 7) is 5.46. The van der Waals surface area contributed by atoms with Crippen LogP contribution in [0.25, 0.3) is 0 Å². The van der Waals surface area contributed by atoms with Gasteiger partial charge in [0.05, 0.1) is 41.0 Å². The summed E-state index contributed by atoms with van der Waals surface area (Å²) in [4.78, 5) is 21.9. The normalized spacial score (nSPS) is 16.7. The number of likely N-dealkylation sites (N-methyl/N-ethyl adjacent to an activating group) is 1. The summed E-state index contributed by atoms with van der Waals surface area (Å²) in [7, 11) is 1.78. The fourth-order valence-corrected chi connectivity index (χ4v) is 2.48. The lowest BCUT2D eigenvalue weighted by atomic mass is 10.4. The Labute approximate surface area is 170 Å². The smallest absolute Gasteiger partial charge is 0.377 e. The fraction of sp³-hybridized carbons (Fsp3) is 0.600. The molecule has 8 heteroatoms. The quantitative estimate of drug-likeness (QED) is 0.179. The van der Waals surface area contributed by atoms with E-state index in [1.165, 1.54) is 0 Å². The highest BCUT2D eigenvalue weighted by Crippen LogP contribution is 2.47. The lowest BCUT2D eigenvalue weighted by molar-refractivity contribution is -0.870. The highest BCUT2D eigenvalue weighted by Gasteiger charge is 2.30. The molecule has 28 heavy (non-hydrogen) atoms. The summed E-state index contributed by atoms with van der Waals surface area (Å²) in [6, 6.07) is 0. The molecular weight excluding hydrogens is 381 g/mol. The topological polar surface area (TPSA) is 80.2 Å². The number of nitrogens with zero attached hydrogens (tertiary/aromatic N) is 1. The van der Waals surface area contributed by atoms with Crippen LogP contribution in [0.1, 0.15) is 13.8 Å². The summed E-state index contributed by atoms with van der Waals surface area (Å²) in [5, 5.41) is 0. The molecule has 0 saturated carbocycles. The minimum absolute atomic E-state index is 0.103. The zero-order chi connectivity index (χ0) is 21.3. The van der Waals surface area contributed by atoms with Crippen LogP contribution in [-0.4, -0.2) is 76.2 Å². The van der Waals surface area contributed by atoms with Gasteiger partial charge in [-0.25, -0.2) is 0 Å². The van der Waals surface area contributed by atoms with Crippen molar-refractivity contribution >= 4 is 8.17 Å². The second kappa shape index (κ2) is 16.0. The van der Waals surface area contributed by atoms with Crippen molar-refractivity contribution in [3.8, 4) is 0 Å². The molecule has 0 fully saturated rings. The summed E-state index contributed by atoms with van der Waals surface area (Å²) in [6.07, 6.45) is 14.6. The van der Waals surface area contributed by atoms with E-state index in [4.69, 9.17) is 18.5 Å². The first-order valence-corrected chi connectivity index (χ1v) is 10.9. The van der Waals surface area contributed by atoms with E-state index in [1.54, 1.807) is 0 Å². The lowest BCUT2D eigenvalue weighted by Gasteiger charge is -2.26. The van der Waals surface area contributed by atoms with Crippen molar-refractivity contribution in [1.29, 1.82) is 0 Å². The largest absolute Gasteiger partial charge is 0.606 e. The van der Waals surface area contributed by atoms with Gasteiger partial charge in [0.15, 0.2) is 0 Å². The van der Waals surface area contributed by atoms with Crippen LogP contribution in [0.3, 0.4) is 0 Å². The number of hydrogen-bond donors (Lipinski definition) is 1. The van der Waals surface area contributed by atoms with Crippen LogP contribution in [0, 0.1) is 0 Å². The van der Waals surface area contributed by atoms with Gasteiger partial charge in [0, 0.05) is 0 Å². The maximum absolute atomic E-state index is 12.0. The molecule has 0 aliphatic heterocycles. The predicted molar refractivity (Wildman–Crippen MR) is 112 cm³/mol. The Morgan fingerprint density at radius 2 is 1.54 bits per heavy atom. The first-order valence-electron chi connectivity index (χ1n) is 9.37. The minimum atomic E-state index is -4.13. The van der Waals surface area contributed by atoms with Gasteiger partial charge < -0.3 is 18.9 Å². The van der Waals surface area contributed by atoms with Gasteiger partial charge >= 0.3 is 8.17 Å². The zero-order valence-corrected chi connectivity index (χ0v) is 18.7. The number of allylic oxidation sites excluding steroid dienone is 6. The van der Waals surface area contributed by atoms with Crippen LogP contribution in [0.2, 0.25) is 0 Å². The molecule has 0 rings (SSSR count). The molecule has 0 amide bonds. The summed E-state index contributed by atoms with van der Waals surface area (Å²) < 4.78 is 21.9. The van der Waals surface area contributed by atoms with Gasteiger partial charge in [0.2, 0.25) is 0 Å². The summed E-state index contributed by atoms with van der Waals surface area (Å²) in [5.74, 6) is 0. The van der Waals surface area contributed by atoms with E-state index in [9.17, 15) is 9.79 Å². The van der Waals surface area contributed by atoms with Crippen molar-refractivity contribution in [3.05, 3.63) is 48.6 Å². The van der Waals surface area contributed by atoms with E-state index < -0.39 is 14.3 Å². The highest BCUT2D eigenvalue weighted by molar-refractivity contribution is 7.52. The van der Waals surface area contributed by atoms with Crippen LogP contribution in [-0.2, 0) is 18.5 Å². The summed E-state index contributed by atoms with van der Waals surface area (Å²) >= 11 is 0. The molecule has 0 saturated heterocycles. The van der Waals surface area contributed by atoms with Crippen LogP contribution in [0.5, 0.6) is 0 Å². The Balaban J connectivity index is 4.45. The number of phosphoric ester groups is 1. The second-order valence-corrected chi connectivity index (χ2v) is 8.47. The summed E-state index contributed by atoms with van der Waals surface area (Å²) in [5.41, 5.74) is 0. The first kappa shape index (κ1) is 27.1. The molecule has 1 unspecified atom stereocenters. The van der Waals surface area contributed by atoms with Gasteiger partial charge in [-0.3, -0.25) is 0 Å². The molecule has 7 nitrogen and oxygen atoms in total. The number of quaternary nitrogens is 1. The third-order valence-electron chi connectivity index (χ3n) is 3.27. The first-order chi connectivity index (χ1) is 13.2. The third-order valence-corrected chi connectivity index (χ3v) is 4.25. The molecule has 0 aliphatic carbocycles. The SMILES string of the molecule is C/C=C/C=C/COC[C@H](CO[P+]([O-])(O)OCC[N+](C)(C)C)OC/C=C/C=C/C. The van der Waals surface area contributed by atoms with E-state index in [1.807, 2.05) is 83.6 Å². The molecule has 0 aromatic rings. The van der Waals surface area contributed by atoms with Gasteiger partial charge in [-0.15, -0.1) is 0 Å². The highest BCUT2D eigenvalue weighted by atomic mass is 31.2. The van der Waals surface area contributed by atoms with Gasteiger partial charge in [0.1, 0.15) is 25.9 Å². The molecular formula is C20H37NO6P+. The van der Waals surface area contributed by atoms with Crippen molar-refractivity contribution in [2.45, 2.75) is 20.0 Å². The molecule has 0 spiro atoms. The van der Waals surface area contributed by atoms with E-state index in [-0.39, 0.29) is 19.8 Å². The minimum Gasteiger partial charge on any atom is -0.606 e. The van der Waals surface area contributed by atoms with Crippen molar-refractivity contribution in [3.63, 3.8) is 0 Å². The Morgan fingerprint density at radius 3 is 2.11 bits per heavy atom. The number of phosphoric acid groups is 1. The lowest BCUT2D eigenvalue weighted by Crippen LogP contribution is -2.38. The van der Waals surface area contributed by atoms with Crippen LogP contribution in [0.4, 0.5) is 0 Å². The molecule has 0 aromatic heterocycles. The number of rotatable bonds is 16. The van der Waals surface area contributed by atoms with Crippen molar-refractivity contribution in [1.82, 2.24) is 0 Å². The Hall–Kier alpha value is -0.890. The monoisotopic (exact) mass is 418 g/mol. The van der Waals surface area contributed by atoms with E-state index >= 15 is 0 Å². The van der Waals surface area contributed by atoms with Crippen LogP contribution in [0.15, 0.2) is 48.6 Å². The van der Waals surface area contributed by atoms with Gasteiger partial charge in [-0.2, -0.15) is 13.9 Å². The molecule has 0 bridgehead atoms. The van der Waals surface area contributed by atoms with Crippen LogP contribution >= 0.6 is 8.17 Å². The maximum Gasteiger partial charge on any atom is 0.377 e. The van der Waals surface area contributed by atoms with Crippen molar-refractivity contribution in [2.24, 2.45) is 0 Å². The fourth-order valence-electron chi connectivity index (χ4n) is 1.74. The Bertz CT molecular complexity index is 497. The van der Waals surface area contributed by atoms with E-state index in [0.717, 1.165) is 0 Å². The average Bonchev–Trinajstić information content (AvgIpc) is 2.60. The van der Waals surface area contributed by atoms with Crippen molar-refractivity contribution < 1.29 is 32.8 Å².